The second kappa shape index (κ2) is 12.5. The monoisotopic (exact) mass is 759 g/mol. The Labute approximate surface area is 375 Å². The fourth-order valence-electron chi connectivity index (χ4n) is 6.94. The molecular formula is C54H34N2O. The summed E-state index contributed by atoms with van der Waals surface area (Å²) in [6.07, 6.45) is 0. The summed E-state index contributed by atoms with van der Waals surface area (Å²) in [5, 5.41) is -3.68. The summed E-state index contributed by atoms with van der Waals surface area (Å²) in [5.41, 5.74) is -10.3. The van der Waals surface area contributed by atoms with E-state index >= 15 is 0 Å². The molecule has 0 atom stereocenters. The average molecular weight is 760 g/mol. The molecule has 266 valence electrons. The molecule has 0 bridgehead atoms. The Kier molecular flexibility index (Phi) is 2.90. The van der Waals surface area contributed by atoms with Crippen LogP contribution in [0.15, 0.2) is 210 Å². The van der Waals surface area contributed by atoms with Gasteiger partial charge in [0, 0.05) is 32.6 Å². The minimum atomic E-state index is -1.10. The number of nitrogens with zero attached hydrogens (tertiary/aromatic N) is 2. The Bertz CT molecular complexity index is 5380. The van der Waals surface area contributed by atoms with E-state index in [-0.39, 0.29) is 5.52 Å². The minimum Gasteiger partial charge on any atom is -0.456 e. The molecule has 9 aromatic carbocycles. The van der Waals surface area contributed by atoms with Gasteiger partial charge in [0.1, 0.15) is 11.2 Å². The number of para-hydroxylation sites is 3. The van der Waals surface area contributed by atoms with Gasteiger partial charge in [-0.05, 0) is 99.9 Å². The smallest absolute Gasteiger partial charge is 0.137 e. The number of rotatable bonds is 5. The maximum atomic E-state index is 10.1. The van der Waals surface area contributed by atoms with E-state index in [2.05, 4.69) is 0 Å². The van der Waals surface area contributed by atoms with Gasteiger partial charge in [0.2, 0.25) is 0 Å². The fraction of sp³-hybridized carbons (Fsp3) is 0. The summed E-state index contributed by atoms with van der Waals surface area (Å²) in [7, 11) is 0. The van der Waals surface area contributed by atoms with Gasteiger partial charge in [-0.2, -0.15) is 0 Å². The Hall–Kier alpha value is -7.62. The molecule has 3 heteroatoms. The molecule has 0 aliphatic heterocycles. The van der Waals surface area contributed by atoms with Crippen LogP contribution in [0.4, 0.5) is 0 Å². The molecule has 3 heterocycles. The van der Waals surface area contributed by atoms with E-state index in [1.807, 2.05) is 0 Å². The van der Waals surface area contributed by atoms with E-state index in [1.54, 1.807) is 0 Å². The van der Waals surface area contributed by atoms with Gasteiger partial charge in [0.05, 0.1) is 78.4 Å². The predicted molar refractivity (Wildman–Crippen MR) is 239 cm³/mol. The van der Waals surface area contributed by atoms with Crippen LogP contribution in [0.25, 0.3) is 110 Å². The molecule has 12 rings (SSSR count). The molecule has 0 saturated carbocycles. The van der Waals surface area contributed by atoms with E-state index in [1.165, 1.54) is 0 Å². The molecule has 0 aliphatic carbocycles. The van der Waals surface area contributed by atoms with Gasteiger partial charge in [-0.1, -0.05) is 139 Å². The zero-order chi connectivity index (χ0) is 66.2. The summed E-state index contributed by atoms with van der Waals surface area (Å²) >= 11 is 0. The van der Waals surface area contributed by atoms with Crippen molar-refractivity contribution >= 4 is 65.6 Å². The number of hydrogen-bond acceptors (Lipinski definition) is 1. The summed E-state index contributed by atoms with van der Waals surface area (Å²) in [4.78, 5) is 0. The van der Waals surface area contributed by atoms with Crippen LogP contribution < -0.4 is 0 Å². The van der Waals surface area contributed by atoms with Crippen molar-refractivity contribution in [1.29, 1.82) is 0 Å². The lowest BCUT2D eigenvalue weighted by molar-refractivity contribution is 0.669. The first-order valence-electron chi connectivity index (χ1n) is 33.3. The topological polar surface area (TPSA) is 23.0 Å². The van der Waals surface area contributed by atoms with Gasteiger partial charge in [0.15, 0.2) is 0 Å². The number of furan rings is 1. The highest BCUT2D eigenvalue weighted by Gasteiger charge is 2.21. The van der Waals surface area contributed by atoms with Gasteiger partial charge in [-0.15, -0.1) is 0 Å². The predicted octanol–water partition coefficient (Wildman–Crippen LogP) is 14.8. The lowest BCUT2D eigenvalue weighted by Crippen LogP contribution is -1.95. The number of aromatic nitrogens is 2. The van der Waals surface area contributed by atoms with Crippen LogP contribution in [-0.4, -0.2) is 9.13 Å². The molecule has 57 heavy (non-hydrogen) atoms. The molecule has 0 N–H and O–H groups in total. The molecule has 0 unspecified atom stereocenters. The summed E-state index contributed by atoms with van der Waals surface area (Å²) in [6, 6.07) is -30.2. The maximum Gasteiger partial charge on any atom is 0.137 e. The van der Waals surface area contributed by atoms with Crippen LogP contribution in [0.5, 0.6) is 0 Å². The molecule has 0 saturated heterocycles. The molecular weight excluding hydrogens is 693 g/mol. The maximum absolute atomic E-state index is 10.1. The van der Waals surface area contributed by atoms with E-state index in [0.29, 0.717) is 0 Å². The molecule has 3 aromatic heterocycles. The van der Waals surface area contributed by atoms with Crippen molar-refractivity contribution in [3.8, 4) is 44.8 Å². The van der Waals surface area contributed by atoms with Gasteiger partial charge in [0.25, 0.3) is 0 Å². The quantitative estimate of drug-likeness (QED) is 0.171. The molecule has 0 aliphatic rings. The molecule has 0 spiro atoms. The van der Waals surface area contributed by atoms with Crippen LogP contribution >= 0.6 is 0 Å². The third-order valence-electron chi connectivity index (χ3n) is 9.31. The van der Waals surface area contributed by atoms with Crippen LogP contribution in [0, 0.1) is 0 Å². The van der Waals surface area contributed by atoms with E-state index in [9.17, 15) is 20.6 Å². The Morgan fingerprint density at radius 1 is 0.351 bits per heavy atom. The lowest BCUT2D eigenvalue weighted by atomic mass is 9.96. The largest absolute Gasteiger partial charge is 0.456 e. The van der Waals surface area contributed by atoms with Crippen LogP contribution in [-0.2, 0) is 0 Å². The Morgan fingerprint density at radius 2 is 0.895 bits per heavy atom. The molecule has 0 fully saturated rings. The SMILES string of the molecule is [2H]c1cc2c(c([2H])c1[2H])c1c([2H])c(-c3c([2H])c([2H])c4c(c3[2H])c3c([2H])c([2H])c([2H])c([2H])c3n4-c3c([2H])c([2H])c([2H])c4oc5c([2H])c([2H])c([2H])c(-c6c([2H])c([2H])c(-c7c([2H])c([2H])c([2H])c([2H])c7[2H])c([2H])c6[2H])c5c34)c([2H])c([2H])c1n2-c1c([2H])c([2H])c([2H])c([2H])c1[2H]. The van der Waals surface area contributed by atoms with E-state index < -0.39 is 304 Å². The van der Waals surface area contributed by atoms with Crippen molar-refractivity contribution in [2.45, 2.75) is 0 Å². The van der Waals surface area contributed by atoms with Crippen LogP contribution in [0.1, 0.15) is 45.2 Å². The number of benzene rings is 9. The highest BCUT2D eigenvalue weighted by atomic mass is 16.3. The van der Waals surface area contributed by atoms with Crippen molar-refractivity contribution in [2.75, 3.05) is 0 Å². The molecule has 0 radical (unpaired) electrons. The average Bonchev–Trinajstić information content (AvgIpc) is 1.51. The first kappa shape index (κ1) is 13.3. The molecule has 3 nitrogen and oxygen atoms in total. The zero-order valence-corrected chi connectivity index (χ0v) is 28.4. The Balaban J connectivity index is 1.27. The first-order chi connectivity index (χ1) is 42.0. The second-order valence-corrected chi connectivity index (χ2v) is 12.3. The minimum absolute atomic E-state index is 0.349. The highest BCUT2D eigenvalue weighted by molar-refractivity contribution is 6.18. The van der Waals surface area contributed by atoms with Gasteiger partial charge < -0.3 is 13.6 Å². The third kappa shape index (κ3) is 4.86. The summed E-state index contributed by atoms with van der Waals surface area (Å²) in [6.45, 7) is 0. The second-order valence-electron chi connectivity index (χ2n) is 12.3. The Morgan fingerprint density at radius 3 is 1.65 bits per heavy atom. The number of fused-ring (bicyclic) bond motifs is 9. The van der Waals surface area contributed by atoms with E-state index in [4.69, 9.17) is 29.1 Å². The normalized spacial score (nSPS) is 20.0. The van der Waals surface area contributed by atoms with Crippen molar-refractivity contribution < 1.29 is 49.7 Å². The lowest BCUT2D eigenvalue weighted by Gasteiger charge is -2.12. The van der Waals surface area contributed by atoms with Gasteiger partial charge in [-0.3, -0.25) is 0 Å². The fourth-order valence-corrected chi connectivity index (χ4v) is 6.94. The van der Waals surface area contributed by atoms with Crippen molar-refractivity contribution in [2.24, 2.45) is 0 Å². The molecule has 0 amide bonds. The summed E-state index contributed by atoms with van der Waals surface area (Å²) in [5.74, 6) is 0. The van der Waals surface area contributed by atoms with Crippen molar-refractivity contribution in [3.63, 3.8) is 0 Å². The summed E-state index contributed by atoms with van der Waals surface area (Å²) < 4.78 is 307. The highest BCUT2D eigenvalue weighted by Crippen LogP contribution is 2.43. The first-order valence-corrected chi connectivity index (χ1v) is 16.8. The van der Waals surface area contributed by atoms with Crippen LogP contribution in [0.3, 0.4) is 0 Å². The van der Waals surface area contributed by atoms with Gasteiger partial charge in [-0.25, -0.2) is 0 Å². The molecule has 12 aromatic rings. The van der Waals surface area contributed by atoms with Gasteiger partial charge >= 0.3 is 0 Å². The standard InChI is InChI=1S/C54H34N2O/c1-3-13-35(14-4-1)36-25-27-37(28-26-36)41-19-11-23-51-53(41)54-50(22-12-24-52(54)57-51)56-47-21-10-8-18-43(47)45-34-39(30-32-49(45)56)38-29-31-48-44(33-38)42-17-7-9-20-46(42)55(48)40-15-5-2-6-16-40/h1-34H/i1D,2D,3D,4D,5D,6D,7D,8D,9D,10D,11D,12D,13D,14D,15D,16D,17D,18D,19D,21D,22D,23D,24D,25D,26D,27D,28D,29D,30D,31D,32D,33D,34D. The van der Waals surface area contributed by atoms with E-state index in [0.717, 1.165) is 15.2 Å². The van der Waals surface area contributed by atoms with Crippen molar-refractivity contribution in [3.05, 3.63) is 205 Å². The van der Waals surface area contributed by atoms with Crippen molar-refractivity contribution in [1.82, 2.24) is 9.13 Å². The van der Waals surface area contributed by atoms with Crippen LogP contribution in [0.2, 0.25) is 0 Å². The zero-order valence-electron chi connectivity index (χ0n) is 61.4. The number of hydrogen-bond donors (Lipinski definition) is 0. The third-order valence-corrected chi connectivity index (χ3v) is 9.31.